The molecule has 0 unspecified atom stereocenters. The second kappa shape index (κ2) is 8.85. The average molecular weight is 429 g/mol. The molecule has 0 bridgehead atoms. The van der Waals surface area contributed by atoms with Gasteiger partial charge in [-0.2, -0.15) is 5.10 Å². The van der Waals surface area contributed by atoms with Gasteiger partial charge in [-0.1, -0.05) is 23.7 Å². The molecule has 2 N–H and O–H groups in total. The molecular formula is C20H17ClN4O3S. The van der Waals surface area contributed by atoms with Crippen LogP contribution in [0.2, 0.25) is 5.02 Å². The molecule has 2 aromatic carbocycles. The Morgan fingerprint density at radius 1 is 1.03 bits per heavy atom. The van der Waals surface area contributed by atoms with E-state index in [1.54, 1.807) is 49.5 Å². The third-order valence-corrected chi connectivity index (χ3v) is 5.49. The molecule has 29 heavy (non-hydrogen) atoms. The smallest absolute Gasteiger partial charge is 0.271 e. The van der Waals surface area contributed by atoms with Crippen molar-refractivity contribution in [2.24, 2.45) is 5.10 Å². The second-order valence-electron chi connectivity index (χ2n) is 5.99. The van der Waals surface area contributed by atoms with Gasteiger partial charge < -0.3 is 0 Å². The zero-order chi connectivity index (χ0) is 20.9. The Kier molecular flexibility index (Phi) is 6.26. The number of carbonyl (C=O) groups is 1. The van der Waals surface area contributed by atoms with Gasteiger partial charge >= 0.3 is 0 Å². The summed E-state index contributed by atoms with van der Waals surface area (Å²) < 4.78 is 27.6. The van der Waals surface area contributed by atoms with E-state index in [2.05, 4.69) is 20.2 Å². The molecule has 1 aromatic heterocycles. The van der Waals surface area contributed by atoms with Crippen LogP contribution in [0.5, 0.6) is 0 Å². The number of pyridine rings is 1. The molecule has 1 amide bonds. The first-order valence-corrected chi connectivity index (χ1v) is 10.4. The van der Waals surface area contributed by atoms with Crippen LogP contribution >= 0.6 is 11.6 Å². The number of hydrogen-bond donors (Lipinski definition) is 2. The number of carbonyl (C=O) groups excluding carboxylic acids is 1. The molecule has 3 aromatic rings. The summed E-state index contributed by atoms with van der Waals surface area (Å²) in [5, 5.41) is 4.51. The fourth-order valence-corrected chi connectivity index (χ4v) is 3.60. The molecule has 0 saturated heterocycles. The number of nitrogens with zero attached hydrogens (tertiary/aromatic N) is 2. The summed E-state index contributed by atoms with van der Waals surface area (Å²) in [5.74, 6) is -0.538. The lowest BCUT2D eigenvalue weighted by atomic mass is 10.2. The normalized spacial score (nSPS) is 11.7. The van der Waals surface area contributed by atoms with Gasteiger partial charge in [-0.25, -0.2) is 13.8 Å². The predicted octanol–water partition coefficient (Wildman–Crippen LogP) is 3.69. The van der Waals surface area contributed by atoms with Crippen molar-refractivity contribution < 1.29 is 13.2 Å². The molecule has 0 aliphatic carbocycles. The van der Waals surface area contributed by atoms with Crippen LogP contribution in [0.4, 0.5) is 5.69 Å². The number of sulfonamides is 1. The van der Waals surface area contributed by atoms with Crippen LogP contribution < -0.4 is 10.1 Å². The minimum atomic E-state index is -3.88. The van der Waals surface area contributed by atoms with Crippen LogP contribution in [0.15, 0.2) is 82.9 Å². The fourth-order valence-electron chi connectivity index (χ4n) is 2.37. The Morgan fingerprint density at radius 2 is 1.79 bits per heavy atom. The quantitative estimate of drug-likeness (QED) is 0.461. The number of benzene rings is 2. The Bertz CT molecular complexity index is 1150. The van der Waals surface area contributed by atoms with Crippen molar-refractivity contribution in [3.8, 4) is 0 Å². The lowest BCUT2D eigenvalue weighted by molar-refractivity contribution is 0.0954. The highest BCUT2D eigenvalue weighted by atomic mass is 35.5. The molecule has 1 heterocycles. The monoisotopic (exact) mass is 428 g/mol. The van der Waals surface area contributed by atoms with E-state index in [1.807, 2.05) is 6.07 Å². The summed E-state index contributed by atoms with van der Waals surface area (Å²) >= 11 is 5.81. The molecule has 0 atom stereocenters. The summed E-state index contributed by atoms with van der Waals surface area (Å²) in [5.41, 5.74) is 4.07. The molecular weight excluding hydrogens is 412 g/mol. The topological polar surface area (TPSA) is 101 Å². The van der Waals surface area contributed by atoms with Crippen LogP contribution in [-0.2, 0) is 10.0 Å². The number of rotatable bonds is 6. The van der Waals surface area contributed by atoms with Gasteiger partial charge in [-0.3, -0.25) is 14.5 Å². The fraction of sp³-hybridized carbons (Fsp3) is 0.0500. The first kappa shape index (κ1) is 20.5. The van der Waals surface area contributed by atoms with Gasteiger partial charge in [0.15, 0.2) is 0 Å². The van der Waals surface area contributed by atoms with E-state index in [0.717, 1.165) is 0 Å². The van der Waals surface area contributed by atoms with Gasteiger partial charge in [-0.15, -0.1) is 0 Å². The van der Waals surface area contributed by atoms with Crippen LogP contribution in [0.25, 0.3) is 0 Å². The van der Waals surface area contributed by atoms with Gasteiger partial charge in [0, 0.05) is 22.5 Å². The number of aromatic nitrogens is 1. The highest BCUT2D eigenvalue weighted by Gasteiger charge is 2.16. The summed E-state index contributed by atoms with van der Waals surface area (Å²) in [4.78, 5) is 16.5. The molecule has 3 rings (SSSR count). The Balaban J connectivity index is 1.76. The molecule has 0 radical (unpaired) electrons. The first-order valence-electron chi connectivity index (χ1n) is 8.50. The van der Waals surface area contributed by atoms with Crippen molar-refractivity contribution in [1.82, 2.24) is 10.4 Å². The van der Waals surface area contributed by atoms with Crippen molar-refractivity contribution in [2.45, 2.75) is 11.8 Å². The first-order chi connectivity index (χ1) is 13.8. The highest BCUT2D eigenvalue weighted by molar-refractivity contribution is 7.92. The SMILES string of the molecule is C/C(=N\NC(=O)c1cccc(S(=O)(=O)Nc2ccc(Cl)cc2)c1)c1ccccn1. The zero-order valence-corrected chi connectivity index (χ0v) is 16.9. The molecule has 9 heteroatoms. The lowest BCUT2D eigenvalue weighted by Crippen LogP contribution is -2.20. The lowest BCUT2D eigenvalue weighted by Gasteiger charge is -2.09. The number of hydrogen-bond acceptors (Lipinski definition) is 5. The average Bonchev–Trinajstić information content (AvgIpc) is 2.74. The van der Waals surface area contributed by atoms with Gasteiger partial charge in [0.1, 0.15) is 0 Å². The van der Waals surface area contributed by atoms with Crippen LogP contribution in [-0.4, -0.2) is 25.0 Å². The summed E-state index contributed by atoms with van der Waals surface area (Å²) in [6.45, 7) is 1.71. The van der Waals surface area contributed by atoms with Crippen LogP contribution in [0.3, 0.4) is 0 Å². The summed E-state index contributed by atoms with van der Waals surface area (Å²) in [7, 11) is -3.88. The molecule has 0 saturated carbocycles. The van der Waals surface area contributed by atoms with Gasteiger partial charge in [-0.05, 0) is 61.5 Å². The van der Waals surface area contributed by atoms with E-state index in [-0.39, 0.29) is 10.5 Å². The Labute approximate surface area is 173 Å². The van der Waals surface area contributed by atoms with E-state index in [0.29, 0.717) is 22.1 Å². The molecule has 0 aliphatic rings. The number of hydrazone groups is 1. The largest absolute Gasteiger partial charge is 0.280 e. The van der Waals surface area contributed by atoms with Crippen molar-refractivity contribution in [2.75, 3.05) is 4.72 Å². The van der Waals surface area contributed by atoms with Crippen LogP contribution in [0.1, 0.15) is 23.0 Å². The number of anilines is 1. The maximum absolute atomic E-state index is 12.6. The number of halogens is 1. The molecule has 0 fully saturated rings. The van der Waals surface area contributed by atoms with Gasteiger partial charge in [0.2, 0.25) is 0 Å². The number of nitrogens with one attached hydrogen (secondary N) is 2. The Hall–Kier alpha value is -3.23. The maximum Gasteiger partial charge on any atom is 0.271 e. The second-order valence-corrected chi connectivity index (χ2v) is 8.11. The van der Waals surface area contributed by atoms with Gasteiger partial charge in [0.05, 0.1) is 16.3 Å². The molecule has 0 spiro atoms. The third-order valence-electron chi connectivity index (χ3n) is 3.86. The molecule has 148 valence electrons. The standard InChI is InChI=1S/C20H17ClN4O3S/c1-14(19-7-2-3-12-22-19)23-24-20(26)15-5-4-6-18(13-15)29(27,28)25-17-10-8-16(21)9-11-17/h2-13,25H,1H3,(H,24,26)/b23-14+. The minimum Gasteiger partial charge on any atom is -0.280 e. The predicted molar refractivity (Wildman–Crippen MR) is 113 cm³/mol. The van der Waals surface area contributed by atoms with Crippen LogP contribution in [0, 0.1) is 0 Å². The molecule has 0 aliphatic heterocycles. The summed E-state index contributed by atoms with van der Waals surface area (Å²) in [6.07, 6.45) is 1.62. The zero-order valence-electron chi connectivity index (χ0n) is 15.3. The van der Waals surface area contributed by atoms with Crippen molar-refractivity contribution in [3.05, 3.63) is 89.2 Å². The maximum atomic E-state index is 12.6. The van der Waals surface area contributed by atoms with E-state index in [9.17, 15) is 13.2 Å². The van der Waals surface area contributed by atoms with E-state index >= 15 is 0 Å². The molecule has 7 nitrogen and oxygen atoms in total. The van der Waals surface area contributed by atoms with Crippen molar-refractivity contribution >= 4 is 38.9 Å². The van der Waals surface area contributed by atoms with E-state index in [1.165, 1.54) is 24.3 Å². The highest BCUT2D eigenvalue weighted by Crippen LogP contribution is 2.19. The van der Waals surface area contributed by atoms with E-state index in [4.69, 9.17) is 11.6 Å². The third kappa shape index (κ3) is 5.40. The Morgan fingerprint density at radius 3 is 2.48 bits per heavy atom. The van der Waals surface area contributed by atoms with Crippen molar-refractivity contribution in [1.29, 1.82) is 0 Å². The summed E-state index contributed by atoms with van der Waals surface area (Å²) in [6, 6.07) is 17.3. The van der Waals surface area contributed by atoms with E-state index < -0.39 is 15.9 Å². The minimum absolute atomic E-state index is 0.0504. The van der Waals surface area contributed by atoms with Gasteiger partial charge in [0.25, 0.3) is 15.9 Å². The number of amides is 1. The van der Waals surface area contributed by atoms with Crippen molar-refractivity contribution in [3.63, 3.8) is 0 Å².